The molecule has 0 aliphatic rings. The fourth-order valence-electron chi connectivity index (χ4n) is 1.76. The van der Waals surface area contributed by atoms with Crippen LogP contribution in [0.3, 0.4) is 0 Å². The lowest BCUT2D eigenvalue weighted by Crippen LogP contribution is -2.08. The second-order valence-electron chi connectivity index (χ2n) is 5.06. The third kappa shape index (κ3) is 3.82. The summed E-state index contributed by atoms with van der Waals surface area (Å²) in [5.41, 5.74) is 1.89. The number of rotatable bonds is 5. The Kier molecular flexibility index (Phi) is 4.96. The first-order valence-corrected chi connectivity index (χ1v) is 7.16. The minimum absolute atomic E-state index is 0.228. The van der Waals surface area contributed by atoms with Gasteiger partial charge in [-0.15, -0.1) is 0 Å². The third-order valence-corrected chi connectivity index (χ3v) is 3.45. The van der Waals surface area contributed by atoms with Gasteiger partial charge in [0.2, 0.25) is 5.88 Å². The van der Waals surface area contributed by atoms with Gasteiger partial charge < -0.3 is 10.1 Å². The molecule has 0 bridgehead atoms. The predicted molar refractivity (Wildman–Crippen MR) is 84.0 cm³/mol. The van der Waals surface area contributed by atoms with Gasteiger partial charge in [0.1, 0.15) is 16.8 Å². The van der Waals surface area contributed by atoms with Crippen LogP contribution in [0.15, 0.2) is 18.3 Å². The number of hydrogen-bond donors (Lipinski definition) is 1. The van der Waals surface area contributed by atoms with Crippen LogP contribution >= 0.6 is 11.6 Å². The number of nitrogens with zero attached hydrogens (tertiary/aromatic N) is 3. The Morgan fingerprint density at radius 2 is 2.05 bits per heavy atom. The van der Waals surface area contributed by atoms with Crippen LogP contribution in [0.25, 0.3) is 0 Å². The normalized spacial score (nSPS) is 10.8. The average Bonchev–Trinajstić information content (AvgIpc) is 2.49. The molecule has 6 heteroatoms. The van der Waals surface area contributed by atoms with E-state index in [2.05, 4.69) is 20.3 Å². The second kappa shape index (κ2) is 6.72. The number of nitrogens with one attached hydrogen (secondary N) is 1. The first kappa shape index (κ1) is 15.5. The topological polar surface area (TPSA) is 59.9 Å². The van der Waals surface area contributed by atoms with Crippen molar-refractivity contribution in [2.24, 2.45) is 0 Å². The molecule has 0 fully saturated rings. The van der Waals surface area contributed by atoms with Crippen LogP contribution in [0.5, 0.6) is 5.88 Å². The van der Waals surface area contributed by atoms with Gasteiger partial charge in [-0.3, -0.25) is 0 Å². The van der Waals surface area contributed by atoms with Crippen molar-refractivity contribution in [3.8, 4) is 5.88 Å². The van der Waals surface area contributed by atoms with Crippen LogP contribution < -0.4 is 10.1 Å². The minimum atomic E-state index is 0.228. The lowest BCUT2D eigenvalue weighted by molar-refractivity contribution is 0.397. The average molecular weight is 307 g/mol. The molecule has 0 aliphatic carbocycles. The van der Waals surface area contributed by atoms with Crippen molar-refractivity contribution < 1.29 is 4.74 Å². The molecule has 0 aliphatic heterocycles. The van der Waals surface area contributed by atoms with Gasteiger partial charge in [-0.2, -0.15) is 0 Å². The molecule has 0 saturated carbocycles. The van der Waals surface area contributed by atoms with E-state index >= 15 is 0 Å². The summed E-state index contributed by atoms with van der Waals surface area (Å²) < 4.78 is 5.04. The zero-order valence-corrected chi connectivity index (χ0v) is 13.4. The number of anilines is 1. The molecular weight excluding hydrogens is 288 g/mol. The highest BCUT2D eigenvalue weighted by molar-refractivity contribution is 6.30. The van der Waals surface area contributed by atoms with Crippen molar-refractivity contribution in [2.45, 2.75) is 33.2 Å². The van der Waals surface area contributed by atoms with E-state index in [-0.39, 0.29) is 5.92 Å². The van der Waals surface area contributed by atoms with E-state index in [0.717, 1.165) is 22.8 Å². The summed E-state index contributed by atoms with van der Waals surface area (Å²) in [7, 11) is 1.60. The molecule has 21 heavy (non-hydrogen) atoms. The van der Waals surface area contributed by atoms with Gasteiger partial charge in [-0.25, -0.2) is 15.0 Å². The van der Waals surface area contributed by atoms with E-state index in [1.165, 1.54) is 0 Å². The molecule has 0 spiro atoms. The molecular formula is C15H19ClN4O. The molecule has 0 aromatic carbocycles. The molecule has 2 aromatic heterocycles. The van der Waals surface area contributed by atoms with Gasteiger partial charge in [-0.1, -0.05) is 31.5 Å². The van der Waals surface area contributed by atoms with Crippen molar-refractivity contribution >= 4 is 17.4 Å². The maximum absolute atomic E-state index is 6.16. The van der Waals surface area contributed by atoms with Crippen molar-refractivity contribution in [1.29, 1.82) is 0 Å². The summed E-state index contributed by atoms with van der Waals surface area (Å²) in [6.45, 7) is 6.60. The number of aromatic nitrogens is 3. The summed E-state index contributed by atoms with van der Waals surface area (Å²) in [4.78, 5) is 13.0. The van der Waals surface area contributed by atoms with Gasteiger partial charge in [0.05, 0.1) is 7.11 Å². The van der Waals surface area contributed by atoms with E-state index in [0.29, 0.717) is 17.6 Å². The van der Waals surface area contributed by atoms with Gasteiger partial charge in [0.25, 0.3) is 0 Å². The molecule has 2 heterocycles. The second-order valence-corrected chi connectivity index (χ2v) is 5.42. The Bertz CT molecular complexity index is 614. The van der Waals surface area contributed by atoms with Crippen molar-refractivity contribution in [2.75, 3.05) is 12.4 Å². The Morgan fingerprint density at radius 1 is 1.29 bits per heavy atom. The minimum Gasteiger partial charge on any atom is -0.481 e. The van der Waals surface area contributed by atoms with Crippen LogP contribution in [0.4, 0.5) is 5.82 Å². The molecule has 0 radical (unpaired) electrons. The first-order chi connectivity index (χ1) is 10.0. The molecule has 112 valence electrons. The maximum atomic E-state index is 6.16. The summed E-state index contributed by atoms with van der Waals surface area (Å²) in [6.07, 6.45) is 1.77. The van der Waals surface area contributed by atoms with Crippen molar-refractivity contribution in [3.05, 3.63) is 40.4 Å². The number of methoxy groups -OCH3 is 1. The van der Waals surface area contributed by atoms with E-state index in [1.54, 1.807) is 13.3 Å². The SMILES string of the molecule is COc1ccc(CNc2nc(C(C)C)nc(Cl)c2C)cn1. The van der Waals surface area contributed by atoms with E-state index in [9.17, 15) is 0 Å². The monoisotopic (exact) mass is 306 g/mol. The maximum Gasteiger partial charge on any atom is 0.212 e. The number of ether oxygens (including phenoxy) is 1. The fourth-order valence-corrected chi connectivity index (χ4v) is 1.93. The zero-order chi connectivity index (χ0) is 15.4. The first-order valence-electron chi connectivity index (χ1n) is 6.78. The molecule has 2 aromatic rings. The van der Waals surface area contributed by atoms with E-state index in [4.69, 9.17) is 16.3 Å². The van der Waals surface area contributed by atoms with Crippen molar-refractivity contribution in [1.82, 2.24) is 15.0 Å². The number of halogens is 1. The van der Waals surface area contributed by atoms with Gasteiger partial charge in [-0.05, 0) is 12.5 Å². The highest BCUT2D eigenvalue weighted by Gasteiger charge is 2.11. The lowest BCUT2D eigenvalue weighted by atomic mass is 10.2. The lowest BCUT2D eigenvalue weighted by Gasteiger charge is -2.13. The molecule has 2 rings (SSSR count). The van der Waals surface area contributed by atoms with E-state index in [1.807, 2.05) is 32.9 Å². The molecule has 0 saturated heterocycles. The predicted octanol–water partition coefficient (Wildman–Crippen LogP) is 3.58. The summed E-state index contributed by atoms with van der Waals surface area (Å²) in [5, 5.41) is 3.78. The number of hydrogen-bond acceptors (Lipinski definition) is 5. The van der Waals surface area contributed by atoms with Gasteiger partial charge in [0, 0.05) is 30.3 Å². The highest BCUT2D eigenvalue weighted by atomic mass is 35.5. The van der Waals surface area contributed by atoms with Crippen molar-refractivity contribution in [3.63, 3.8) is 0 Å². The van der Waals surface area contributed by atoms with Crippen LogP contribution in [-0.2, 0) is 6.54 Å². The Morgan fingerprint density at radius 3 is 2.62 bits per heavy atom. The Hall–Kier alpha value is -1.88. The molecule has 1 N–H and O–H groups in total. The molecule has 5 nitrogen and oxygen atoms in total. The van der Waals surface area contributed by atoms with Gasteiger partial charge in [0.15, 0.2) is 0 Å². The van der Waals surface area contributed by atoms with Crippen LogP contribution in [0.2, 0.25) is 5.15 Å². The summed E-state index contributed by atoms with van der Waals surface area (Å²) >= 11 is 6.16. The smallest absolute Gasteiger partial charge is 0.212 e. The quantitative estimate of drug-likeness (QED) is 0.856. The Balaban J connectivity index is 2.15. The third-order valence-electron chi connectivity index (χ3n) is 3.09. The standard InChI is InChI=1S/C15H19ClN4O/c1-9(2)14-19-13(16)10(3)15(20-14)18-8-11-5-6-12(21-4)17-7-11/h5-7,9H,8H2,1-4H3,(H,18,19,20). The fraction of sp³-hybridized carbons (Fsp3) is 0.400. The van der Waals surface area contributed by atoms with Crippen LogP contribution in [0.1, 0.15) is 36.7 Å². The van der Waals surface area contributed by atoms with Gasteiger partial charge >= 0.3 is 0 Å². The molecule has 0 amide bonds. The summed E-state index contributed by atoms with van der Waals surface area (Å²) in [5.74, 6) is 2.32. The number of pyridine rings is 1. The van der Waals surface area contributed by atoms with E-state index < -0.39 is 0 Å². The highest BCUT2D eigenvalue weighted by Crippen LogP contribution is 2.23. The zero-order valence-electron chi connectivity index (χ0n) is 12.6. The summed E-state index contributed by atoms with van der Waals surface area (Å²) in [6, 6.07) is 3.79. The largest absolute Gasteiger partial charge is 0.481 e. The van der Waals surface area contributed by atoms with Crippen LogP contribution in [-0.4, -0.2) is 22.1 Å². The molecule has 0 atom stereocenters. The van der Waals surface area contributed by atoms with Crippen LogP contribution in [0, 0.1) is 6.92 Å². The Labute approximate surface area is 129 Å². The molecule has 0 unspecified atom stereocenters.